The predicted molar refractivity (Wildman–Crippen MR) is 78.1 cm³/mol. The summed E-state index contributed by atoms with van der Waals surface area (Å²) >= 11 is 6.04. The van der Waals surface area contributed by atoms with Gasteiger partial charge in [-0.25, -0.2) is 0 Å². The van der Waals surface area contributed by atoms with Gasteiger partial charge in [-0.2, -0.15) is 0 Å². The van der Waals surface area contributed by atoms with Crippen molar-refractivity contribution in [1.82, 2.24) is 0 Å². The lowest BCUT2D eigenvalue weighted by molar-refractivity contribution is -0.913. The number of hydrogen-bond donors (Lipinski definition) is 2. The molecule has 0 heterocycles. The maximum atomic E-state index is 10.1. The number of quaternary nitrogens is 1. The molecule has 0 amide bonds. The van der Waals surface area contributed by atoms with Gasteiger partial charge in [0.15, 0.2) is 0 Å². The Hall–Kier alpha value is -0.770. The van der Waals surface area contributed by atoms with Crippen LogP contribution < -0.4 is 5.32 Å². The van der Waals surface area contributed by atoms with E-state index in [1.54, 1.807) is 0 Å². The van der Waals surface area contributed by atoms with Crippen LogP contribution in [0.5, 0.6) is 0 Å². The van der Waals surface area contributed by atoms with E-state index in [2.05, 4.69) is 33.3 Å². The smallest absolute Gasteiger partial charge is 0.120 e. The lowest BCUT2D eigenvalue weighted by atomic mass is 10.2. The van der Waals surface area contributed by atoms with Crippen molar-refractivity contribution >= 4 is 17.3 Å². The quantitative estimate of drug-likeness (QED) is 0.780. The van der Waals surface area contributed by atoms with E-state index in [-0.39, 0.29) is 0 Å². The highest BCUT2D eigenvalue weighted by Gasteiger charge is 2.23. The second kappa shape index (κ2) is 6.41. The molecule has 0 aliphatic heterocycles. The third-order valence-electron chi connectivity index (χ3n) is 3.48. The minimum absolute atomic E-state index is 0.390. The molecular formula is C14H24ClN2O+. The summed E-state index contributed by atoms with van der Waals surface area (Å²) in [6, 6.07) is 8.05. The first-order chi connectivity index (χ1) is 8.33. The molecule has 0 fully saturated rings. The van der Waals surface area contributed by atoms with Crippen LogP contribution in [0.25, 0.3) is 0 Å². The zero-order chi connectivity index (χ0) is 13.8. The number of benzene rings is 1. The molecule has 0 aliphatic rings. The van der Waals surface area contributed by atoms with Crippen LogP contribution in [0, 0.1) is 0 Å². The molecule has 1 atom stereocenters. The molecule has 0 saturated carbocycles. The van der Waals surface area contributed by atoms with Gasteiger partial charge in [-0.15, -0.1) is 0 Å². The summed E-state index contributed by atoms with van der Waals surface area (Å²) in [7, 11) is 4.26. The van der Waals surface area contributed by atoms with E-state index < -0.39 is 6.10 Å². The fourth-order valence-corrected chi connectivity index (χ4v) is 1.85. The average Bonchev–Trinajstić information content (AvgIpc) is 2.27. The molecule has 0 radical (unpaired) electrons. The average molecular weight is 272 g/mol. The van der Waals surface area contributed by atoms with Gasteiger partial charge in [-0.05, 0) is 26.0 Å². The van der Waals surface area contributed by atoms with Crippen molar-refractivity contribution in [2.75, 3.05) is 32.5 Å². The Balaban J connectivity index is 2.47. The number of nitrogens with zero attached hydrogens (tertiary/aromatic N) is 1. The van der Waals surface area contributed by atoms with Gasteiger partial charge in [0.25, 0.3) is 0 Å². The van der Waals surface area contributed by atoms with Crippen LogP contribution in [0.15, 0.2) is 24.3 Å². The summed E-state index contributed by atoms with van der Waals surface area (Å²) in [5.41, 5.74) is 0.869. The van der Waals surface area contributed by atoms with Gasteiger partial charge in [0.1, 0.15) is 12.6 Å². The summed E-state index contributed by atoms with van der Waals surface area (Å²) < 4.78 is 0.797. The Morgan fingerprint density at radius 2 is 1.89 bits per heavy atom. The summed E-state index contributed by atoms with van der Waals surface area (Å²) in [5.74, 6) is 0. The molecule has 3 nitrogen and oxygen atoms in total. The monoisotopic (exact) mass is 271 g/mol. The zero-order valence-corrected chi connectivity index (χ0v) is 12.4. The molecule has 0 saturated heterocycles. The number of para-hydroxylation sites is 1. The largest absolute Gasteiger partial charge is 0.385 e. The highest BCUT2D eigenvalue weighted by molar-refractivity contribution is 6.33. The standard InChI is InChI=1S/C14H24ClN2O/c1-11(2)17(3,4)10-12(18)9-16-14-8-6-5-7-13(14)15/h5-8,11-12,16,18H,9-10H2,1-4H3/q+1/t12-/m0/s1. The van der Waals surface area contributed by atoms with Crippen molar-refractivity contribution in [2.24, 2.45) is 0 Å². The molecule has 4 heteroatoms. The minimum Gasteiger partial charge on any atom is -0.385 e. The van der Waals surface area contributed by atoms with Crippen LogP contribution in [-0.4, -0.2) is 48.9 Å². The van der Waals surface area contributed by atoms with Crippen LogP contribution in [-0.2, 0) is 0 Å². The molecule has 18 heavy (non-hydrogen) atoms. The number of halogens is 1. The highest BCUT2D eigenvalue weighted by atomic mass is 35.5. The molecule has 0 spiro atoms. The van der Waals surface area contributed by atoms with Crippen molar-refractivity contribution < 1.29 is 9.59 Å². The number of aliphatic hydroxyl groups excluding tert-OH is 1. The summed E-state index contributed by atoms with van der Waals surface area (Å²) in [6.45, 7) is 5.55. The fourth-order valence-electron chi connectivity index (χ4n) is 1.65. The van der Waals surface area contributed by atoms with Crippen LogP contribution in [0.1, 0.15) is 13.8 Å². The minimum atomic E-state index is -0.390. The van der Waals surface area contributed by atoms with Crippen molar-refractivity contribution in [3.8, 4) is 0 Å². The van der Waals surface area contributed by atoms with Gasteiger partial charge >= 0.3 is 0 Å². The molecule has 0 aliphatic carbocycles. The SMILES string of the molecule is CC(C)[N+](C)(C)C[C@@H](O)CNc1ccccc1Cl. The van der Waals surface area contributed by atoms with Crippen molar-refractivity contribution in [3.05, 3.63) is 29.3 Å². The Kier molecular flexibility index (Phi) is 5.45. The number of rotatable bonds is 6. The van der Waals surface area contributed by atoms with E-state index >= 15 is 0 Å². The van der Waals surface area contributed by atoms with E-state index in [1.807, 2.05) is 24.3 Å². The zero-order valence-electron chi connectivity index (χ0n) is 11.7. The number of hydrogen-bond acceptors (Lipinski definition) is 2. The molecule has 1 rings (SSSR count). The van der Waals surface area contributed by atoms with E-state index in [0.29, 0.717) is 17.6 Å². The first-order valence-corrected chi connectivity index (χ1v) is 6.70. The van der Waals surface area contributed by atoms with Crippen LogP contribution in [0.4, 0.5) is 5.69 Å². The Bertz CT molecular complexity index is 380. The Morgan fingerprint density at radius 3 is 2.44 bits per heavy atom. The second-order valence-corrected chi connectivity index (χ2v) is 5.98. The van der Waals surface area contributed by atoms with Gasteiger partial charge in [-0.3, -0.25) is 0 Å². The van der Waals surface area contributed by atoms with Gasteiger partial charge < -0.3 is 14.9 Å². The summed E-state index contributed by atoms with van der Waals surface area (Å²) in [5, 5.41) is 13.9. The summed E-state index contributed by atoms with van der Waals surface area (Å²) in [6.07, 6.45) is -0.390. The molecule has 2 N–H and O–H groups in total. The molecule has 0 aromatic heterocycles. The Labute approximate surface area is 115 Å². The van der Waals surface area contributed by atoms with E-state index in [4.69, 9.17) is 11.6 Å². The predicted octanol–water partition coefficient (Wildman–Crippen LogP) is 2.60. The summed E-state index contributed by atoms with van der Waals surface area (Å²) in [4.78, 5) is 0. The van der Waals surface area contributed by atoms with E-state index in [9.17, 15) is 5.11 Å². The lowest BCUT2D eigenvalue weighted by Crippen LogP contribution is -2.51. The van der Waals surface area contributed by atoms with Gasteiger partial charge in [-0.1, -0.05) is 23.7 Å². The fraction of sp³-hybridized carbons (Fsp3) is 0.571. The molecule has 0 unspecified atom stereocenters. The van der Waals surface area contributed by atoms with E-state index in [0.717, 1.165) is 16.7 Å². The van der Waals surface area contributed by atoms with Crippen molar-refractivity contribution in [3.63, 3.8) is 0 Å². The Morgan fingerprint density at radius 1 is 1.28 bits per heavy atom. The topological polar surface area (TPSA) is 32.3 Å². The van der Waals surface area contributed by atoms with E-state index in [1.165, 1.54) is 0 Å². The molecule has 102 valence electrons. The second-order valence-electron chi connectivity index (χ2n) is 5.57. The molecule has 0 bridgehead atoms. The van der Waals surface area contributed by atoms with Gasteiger partial charge in [0, 0.05) is 6.54 Å². The van der Waals surface area contributed by atoms with Crippen LogP contribution >= 0.6 is 11.6 Å². The third kappa shape index (κ3) is 4.48. The lowest BCUT2D eigenvalue weighted by Gasteiger charge is -2.36. The highest BCUT2D eigenvalue weighted by Crippen LogP contribution is 2.20. The van der Waals surface area contributed by atoms with Gasteiger partial charge in [0.05, 0.1) is 30.8 Å². The molecular weight excluding hydrogens is 248 g/mol. The molecule has 1 aromatic carbocycles. The normalized spacial score (nSPS) is 13.7. The number of nitrogens with one attached hydrogen (secondary N) is 1. The number of likely N-dealkylation sites (N-methyl/N-ethyl adjacent to an activating group) is 1. The van der Waals surface area contributed by atoms with Crippen molar-refractivity contribution in [2.45, 2.75) is 26.0 Å². The van der Waals surface area contributed by atoms with Gasteiger partial charge in [0.2, 0.25) is 0 Å². The first-order valence-electron chi connectivity index (χ1n) is 6.32. The van der Waals surface area contributed by atoms with Crippen LogP contribution in [0.3, 0.4) is 0 Å². The number of anilines is 1. The van der Waals surface area contributed by atoms with Crippen molar-refractivity contribution in [1.29, 1.82) is 0 Å². The maximum absolute atomic E-state index is 10.1. The first kappa shape index (κ1) is 15.3. The number of aliphatic hydroxyl groups is 1. The third-order valence-corrected chi connectivity index (χ3v) is 3.81. The van der Waals surface area contributed by atoms with Crippen LogP contribution in [0.2, 0.25) is 5.02 Å². The molecule has 1 aromatic rings. The maximum Gasteiger partial charge on any atom is 0.120 e.